The highest BCUT2D eigenvalue weighted by Crippen LogP contribution is 2.35. The van der Waals surface area contributed by atoms with Crippen LogP contribution in [0, 0.1) is 6.92 Å². The molecule has 3 aromatic rings. The van der Waals surface area contributed by atoms with E-state index >= 15 is 0 Å². The Balaban J connectivity index is 1.41. The van der Waals surface area contributed by atoms with E-state index in [9.17, 15) is 0 Å². The van der Waals surface area contributed by atoms with Crippen molar-refractivity contribution in [3.05, 3.63) is 42.0 Å². The number of ether oxygens (including phenoxy) is 1. The largest absolute Gasteiger partial charge is 0.491 e. The van der Waals surface area contributed by atoms with Gasteiger partial charge in [-0.1, -0.05) is 6.07 Å². The molecule has 3 N–H and O–H groups in total. The van der Waals surface area contributed by atoms with Gasteiger partial charge in [0.05, 0.1) is 24.8 Å². The normalized spacial score (nSPS) is 16.8. The fourth-order valence-electron chi connectivity index (χ4n) is 4.49. The van der Waals surface area contributed by atoms with Gasteiger partial charge in [-0.25, -0.2) is 14.6 Å². The van der Waals surface area contributed by atoms with Gasteiger partial charge in [0.1, 0.15) is 29.7 Å². The van der Waals surface area contributed by atoms with Crippen molar-refractivity contribution in [3.63, 3.8) is 0 Å². The zero-order valence-corrected chi connectivity index (χ0v) is 20.4. The third-order valence-corrected chi connectivity index (χ3v) is 6.34. The molecular formula is C25H32N8O2. The predicted octanol–water partition coefficient (Wildman–Crippen LogP) is 2.14. The molecule has 35 heavy (non-hydrogen) atoms. The summed E-state index contributed by atoms with van der Waals surface area (Å²) in [7, 11) is 0. The lowest BCUT2D eigenvalue weighted by atomic mass is 10.0. The van der Waals surface area contributed by atoms with Crippen molar-refractivity contribution in [2.45, 2.75) is 39.4 Å². The fraction of sp³-hybridized carbons (Fsp3) is 0.440. The van der Waals surface area contributed by atoms with E-state index in [1.54, 1.807) is 6.20 Å². The molecule has 1 aromatic carbocycles. The molecule has 0 radical (unpaired) electrons. The van der Waals surface area contributed by atoms with Crippen LogP contribution in [-0.4, -0.2) is 79.4 Å². The monoisotopic (exact) mass is 476 g/mol. The van der Waals surface area contributed by atoms with E-state index in [4.69, 9.17) is 20.6 Å². The molecule has 0 atom stereocenters. The second-order valence-electron chi connectivity index (χ2n) is 9.26. The number of β-amino-alcohol motifs (C(OH)–C–C–N with tert-alkyl or cyclic N) is 1. The second-order valence-corrected chi connectivity index (χ2v) is 9.26. The van der Waals surface area contributed by atoms with Crippen molar-refractivity contribution in [2.75, 3.05) is 32.8 Å². The highest BCUT2D eigenvalue weighted by Gasteiger charge is 2.25. The first-order chi connectivity index (χ1) is 17.0. The highest BCUT2D eigenvalue weighted by molar-refractivity contribution is 6.10. The Bertz CT molecular complexity index is 1270. The van der Waals surface area contributed by atoms with Crippen LogP contribution in [0.2, 0.25) is 0 Å². The molecule has 5 rings (SSSR count). The first-order valence-corrected chi connectivity index (χ1v) is 12.0. The Morgan fingerprint density at radius 1 is 1.29 bits per heavy atom. The zero-order valence-electron chi connectivity index (χ0n) is 20.4. The molecule has 1 saturated heterocycles. The van der Waals surface area contributed by atoms with Gasteiger partial charge < -0.3 is 20.1 Å². The number of rotatable bonds is 7. The van der Waals surface area contributed by atoms with Crippen molar-refractivity contribution in [3.8, 4) is 28.7 Å². The summed E-state index contributed by atoms with van der Waals surface area (Å²) in [6, 6.07) is 6.48. The number of aliphatic hydroxyl groups is 1. The van der Waals surface area contributed by atoms with Crippen LogP contribution in [0.4, 0.5) is 0 Å². The number of allylic oxidation sites excluding steroid dienone is 1. The molecule has 0 bridgehead atoms. The molecular weight excluding hydrogens is 444 g/mol. The number of hydrogen-bond acceptors (Lipinski definition) is 8. The van der Waals surface area contributed by atoms with Crippen molar-refractivity contribution < 1.29 is 9.84 Å². The minimum atomic E-state index is 0.177. The summed E-state index contributed by atoms with van der Waals surface area (Å²) in [5.41, 5.74) is 9.46. The number of hydrogen-bond donors (Lipinski definition) is 2. The molecule has 10 nitrogen and oxygen atoms in total. The number of aryl methyl sites for hydroxylation is 1. The van der Waals surface area contributed by atoms with E-state index in [0.29, 0.717) is 19.7 Å². The van der Waals surface area contributed by atoms with Gasteiger partial charge in [0, 0.05) is 49.9 Å². The summed E-state index contributed by atoms with van der Waals surface area (Å²) in [5.74, 6) is 3.12. The van der Waals surface area contributed by atoms with Crippen LogP contribution in [0.5, 0.6) is 5.75 Å². The van der Waals surface area contributed by atoms with Gasteiger partial charge in [-0.05, 0) is 38.5 Å². The summed E-state index contributed by atoms with van der Waals surface area (Å²) >= 11 is 0. The van der Waals surface area contributed by atoms with Crippen LogP contribution in [0.15, 0.2) is 35.6 Å². The van der Waals surface area contributed by atoms with Crippen molar-refractivity contribution in [1.29, 1.82) is 0 Å². The number of benzene rings is 1. The molecule has 0 amide bonds. The molecule has 2 aliphatic rings. The summed E-state index contributed by atoms with van der Waals surface area (Å²) in [4.78, 5) is 16.4. The number of aliphatic imine (C=N–C) groups is 1. The summed E-state index contributed by atoms with van der Waals surface area (Å²) in [6.45, 7) is 9.89. The van der Waals surface area contributed by atoms with Gasteiger partial charge >= 0.3 is 0 Å². The van der Waals surface area contributed by atoms with Crippen LogP contribution in [0.1, 0.15) is 31.3 Å². The van der Waals surface area contributed by atoms with Crippen molar-refractivity contribution >= 4 is 11.8 Å². The van der Waals surface area contributed by atoms with Gasteiger partial charge in [0.15, 0.2) is 5.82 Å². The average molecular weight is 477 g/mol. The maximum atomic E-state index is 9.03. The Kier molecular flexibility index (Phi) is 6.40. The molecule has 184 valence electrons. The first kappa shape index (κ1) is 23.3. The van der Waals surface area contributed by atoms with Gasteiger partial charge in [-0.3, -0.25) is 9.89 Å². The standard InChI is InChI=1S/C25H32N8O2/c1-16(2)33-25(28-17(3)30-33)22-15-32-7-9-35-23-10-18(4-5-21(23)24(32)29-22)19(11-26)12-27-20-13-31(14-20)6-8-34/h4-5,10-12,15-16,20,34H,6-9,13-14,26H2,1-3H3. The molecule has 0 aliphatic carbocycles. The molecule has 0 saturated carbocycles. The van der Waals surface area contributed by atoms with E-state index in [0.717, 1.165) is 58.7 Å². The van der Waals surface area contributed by atoms with Gasteiger partial charge in [-0.15, -0.1) is 0 Å². The maximum absolute atomic E-state index is 9.03. The summed E-state index contributed by atoms with van der Waals surface area (Å²) < 4.78 is 10.1. The number of nitrogens with two attached hydrogens (primary N) is 1. The third kappa shape index (κ3) is 4.59. The smallest absolute Gasteiger partial charge is 0.178 e. The van der Waals surface area contributed by atoms with E-state index < -0.39 is 0 Å². The lowest BCUT2D eigenvalue weighted by molar-refractivity contribution is 0.119. The van der Waals surface area contributed by atoms with Crippen LogP contribution in [-0.2, 0) is 6.54 Å². The summed E-state index contributed by atoms with van der Waals surface area (Å²) in [6.07, 6.45) is 5.44. The highest BCUT2D eigenvalue weighted by atomic mass is 16.5. The van der Waals surface area contributed by atoms with Gasteiger partial charge in [0.25, 0.3) is 0 Å². The zero-order chi connectivity index (χ0) is 24.5. The van der Waals surface area contributed by atoms with Crippen LogP contribution in [0.3, 0.4) is 0 Å². The van der Waals surface area contributed by atoms with Crippen LogP contribution < -0.4 is 10.5 Å². The molecule has 0 spiro atoms. The van der Waals surface area contributed by atoms with Crippen LogP contribution in [0.25, 0.3) is 28.5 Å². The number of fused-ring (bicyclic) bond motifs is 3. The lowest BCUT2D eigenvalue weighted by Crippen LogP contribution is -2.50. The minimum absolute atomic E-state index is 0.177. The summed E-state index contributed by atoms with van der Waals surface area (Å²) in [5, 5.41) is 13.6. The number of imidazole rings is 1. The Morgan fingerprint density at radius 2 is 2.11 bits per heavy atom. The minimum Gasteiger partial charge on any atom is -0.491 e. The van der Waals surface area contributed by atoms with E-state index in [-0.39, 0.29) is 18.7 Å². The van der Waals surface area contributed by atoms with Gasteiger partial charge in [0.2, 0.25) is 0 Å². The van der Waals surface area contributed by atoms with Crippen LogP contribution >= 0.6 is 0 Å². The SMILES string of the molecule is Cc1nc(-c2cn3c(n2)-c2ccc(C(C=NC4CN(CCO)C4)=CN)cc2OCC3)n(C(C)C)n1. The second kappa shape index (κ2) is 9.63. The quantitative estimate of drug-likeness (QED) is 0.501. The molecule has 2 aliphatic heterocycles. The number of aliphatic hydroxyl groups excluding tert-OH is 1. The predicted molar refractivity (Wildman–Crippen MR) is 135 cm³/mol. The Hall–Kier alpha value is -3.50. The Labute approximate surface area is 204 Å². The first-order valence-electron chi connectivity index (χ1n) is 12.0. The van der Waals surface area contributed by atoms with Crippen molar-refractivity contribution in [2.24, 2.45) is 10.7 Å². The number of likely N-dealkylation sites (tertiary alicyclic amines) is 1. The molecule has 10 heteroatoms. The third-order valence-electron chi connectivity index (χ3n) is 6.34. The number of nitrogens with zero attached hydrogens (tertiary/aromatic N) is 7. The molecule has 2 aromatic heterocycles. The lowest BCUT2D eigenvalue weighted by Gasteiger charge is -2.36. The van der Waals surface area contributed by atoms with E-state index in [1.165, 1.54) is 0 Å². The van der Waals surface area contributed by atoms with Crippen molar-refractivity contribution in [1.82, 2.24) is 29.2 Å². The topological polar surface area (TPSA) is 120 Å². The fourth-order valence-corrected chi connectivity index (χ4v) is 4.49. The molecule has 0 unspecified atom stereocenters. The molecule has 1 fully saturated rings. The maximum Gasteiger partial charge on any atom is 0.178 e. The molecule has 4 heterocycles. The number of aromatic nitrogens is 5. The van der Waals surface area contributed by atoms with E-state index in [2.05, 4.69) is 38.4 Å². The average Bonchev–Trinajstić information content (AvgIpc) is 3.37. The van der Waals surface area contributed by atoms with E-state index in [1.807, 2.05) is 42.2 Å². The Morgan fingerprint density at radius 3 is 2.86 bits per heavy atom. The van der Waals surface area contributed by atoms with Gasteiger partial charge in [-0.2, -0.15) is 5.10 Å².